The fraction of sp³-hybridized carbons (Fsp3) is 0. The predicted octanol–water partition coefficient (Wildman–Crippen LogP) is 2.92. The zero-order valence-corrected chi connectivity index (χ0v) is 9.43. The second kappa shape index (κ2) is 4.51. The van der Waals surface area contributed by atoms with Crippen LogP contribution in [0.1, 0.15) is 5.56 Å². The molecule has 0 amide bonds. The second-order valence-electron chi connectivity index (χ2n) is 2.19. The number of isocyanates is 1. The molecule has 0 unspecified atom stereocenters. The van der Waals surface area contributed by atoms with Gasteiger partial charge in [0.25, 0.3) is 0 Å². The number of rotatable bonds is 1. The first kappa shape index (κ1) is 11.1. The molecule has 0 spiro atoms. The summed E-state index contributed by atoms with van der Waals surface area (Å²) in [7, 11) is 0. The van der Waals surface area contributed by atoms with E-state index >= 15 is 0 Å². The normalized spacial score (nSPS) is 9.00. The summed E-state index contributed by atoms with van der Waals surface area (Å²) < 4.78 is 13.6. The number of halogens is 3. The van der Waals surface area contributed by atoms with E-state index in [-0.39, 0.29) is 16.3 Å². The van der Waals surface area contributed by atoms with Crippen LogP contribution in [0.5, 0.6) is 0 Å². The summed E-state index contributed by atoms with van der Waals surface area (Å²) in [5, 5.41) is 8.46. The SMILES string of the molecule is N#Cc1c(F)c(Cl)cc(I)c1N=C=O. The van der Waals surface area contributed by atoms with Crippen molar-refractivity contribution in [2.24, 2.45) is 4.99 Å². The van der Waals surface area contributed by atoms with Crippen LogP contribution in [0.2, 0.25) is 5.02 Å². The molecule has 0 N–H and O–H groups in total. The van der Waals surface area contributed by atoms with Gasteiger partial charge in [0.2, 0.25) is 6.08 Å². The molecule has 14 heavy (non-hydrogen) atoms. The minimum atomic E-state index is -0.872. The maximum absolute atomic E-state index is 13.2. The second-order valence-corrected chi connectivity index (χ2v) is 3.76. The standard InChI is InChI=1S/C8HClFIN2O/c9-5-1-6(11)8(13-3-14)4(2-12)7(5)10/h1H. The topological polar surface area (TPSA) is 53.2 Å². The number of nitriles is 1. The van der Waals surface area contributed by atoms with Crippen LogP contribution < -0.4 is 0 Å². The molecule has 0 aliphatic heterocycles. The maximum atomic E-state index is 13.2. The third-order valence-corrected chi connectivity index (χ3v) is 2.51. The van der Waals surface area contributed by atoms with Crippen molar-refractivity contribution >= 4 is 46.0 Å². The lowest BCUT2D eigenvalue weighted by molar-refractivity contribution is 0.565. The lowest BCUT2D eigenvalue weighted by Gasteiger charge is -2.02. The van der Waals surface area contributed by atoms with E-state index in [0.717, 1.165) is 0 Å². The summed E-state index contributed by atoms with van der Waals surface area (Å²) in [5.74, 6) is -0.872. The molecule has 0 bridgehead atoms. The van der Waals surface area contributed by atoms with Crippen LogP contribution in [0.4, 0.5) is 10.1 Å². The van der Waals surface area contributed by atoms with E-state index in [1.807, 2.05) is 0 Å². The van der Waals surface area contributed by atoms with Gasteiger partial charge in [0.05, 0.1) is 5.02 Å². The van der Waals surface area contributed by atoms with Crippen molar-refractivity contribution in [2.45, 2.75) is 0 Å². The summed E-state index contributed by atoms with van der Waals surface area (Å²) >= 11 is 7.30. The monoisotopic (exact) mass is 322 g/mol. The fourth-order valence-electron chi connectivity index (χ4n) is 0.843. The predicted molar refractivity (Wildman–Crippen MR) is 56.6 cm³/mol. The first-order valence-electron chi connectivity index (χ1n) is 3.27. The Balaban J connectivity index is 3.65. The van der Waals surface area contributed by atoms with Crippen molar-refractivity contribution in [3.63, 3.8) is 0 Å². The molecule has 1 aromatic carbocycles. The number of nitrogens with zero attached hydrogens (tertiary/aromatic N) is 2. The number of benzene rings is 1. The summed E-state index contributed by atoms with van der Waals surface area (Å²) in [6, 6.07) is 2.88. The van der Waals surface area contributed by atoms with E-state index in [9.17, 15) is 9.18 Å². The van der Waals surface area contributed by atoms with Crippen molar-refractivity contribution < 1.29 is 9.18 Å². The third-order valence-electron chi connectivity index (χ3n) is 1.41. The van der Waals surface area contributed by atoms with Crippen LogP contribution in [-0.4, -0.2) is 6.08 Å². The van der Waals surface area contributed by atoms with E-state index in [1.54, 1.807) is 28.7 Å². The van der Waals surface area contributed by atoms with Crippen LogP contribution in [0.3, 0.4) is 0 Å². The molecular weight excluding hydrogens is 321 g/mol. The summed E-state index contributed by atoms with van der Waals surface area (Å²) in [5.41, 5.74) is -0.379. The van der Waals surface area contributed by atoms with Crippen LogP contribution in [0, 0.1) is 20.7 Å². The molecule has 3 nitrogen and oxygen atoms in total. The molecule has 0 radical (unpaired) electrons. The highest BCUT2D eigenvalue weighted by atomic mass is 127. The summed E-state index contributed by atoms with van der Waals surface area (Å²) in [4.78, 5) is 13.3. The summed E-state index contributed by atoms with van der Waals surface area (Å²) in [6.45, 7) is 0. The van der Waals surface area contributed by atoms with Crippen molar-refractivity contribution in [3.05, 3.63) is 26.0 Å². The van der Waals surface area contributed by atoms with Gasteiger partial charge in [0, 0.05) is 3.57 Å². The summed E-state index contributed by atoms with van der Waals surface area (Å²) in [6.07, 6.45) is 1.26. The minimum Gasteiger partial charge on any atom is -0.211 e. The largest absolute Gasteiger partial charge is 0.240 e. The molecule has 0 fully saturated rings. The van der Waals surface area contributed by atoms with Crippen molar-refractivity contribution in [1.29, 1.82) is 5.26 Å². The van der Waals surface area contributed by atoms with Gasteiger partial charge in [-0.1, -0.05) is 11.6 Å². The van der Waals surface area contributed by atoms with E-state index in [1.165, 1.54) is 12.1 Å². The lowest BCUT2D eigenvalue weighted by atomic mass is 10.2. The van der Waals surface area contributed by atoms with Crippen molar-refractivity contribution in [1.82, 2.24) is 0 Å². The molecule has 70 valence electrons. The van der Waals surface area contributed by atoms with Gasteiger partial charge in [-0.25, -0.2) is 9.18 Å². The Morgan fingerprint density at radius 1 is 1.64 bits per heavy atom. The van der Waals surface area contributed by atoms with Gasteiger partial charge in [0.1, 0.15) is 17.3 Å². The van der Waals surface area contributed by atoms with Gasteiger partial charge in [-0.3, -0.25) is 0 Å². The van der Waals surface area contributed by atoms with Crippen LogP contribution in [0.15, 0.2) is 11.1 Å². The van der Waals surface area contributed by atoms with E-state index in [0.29, 0.717) is 3.57 Å². The van der Waals surface area contributed by atoms with E-state index in [4.69, 9.17) is 16.9 Å². The van der Waals surface area contributed by atoms with Gasteiger partial charge in [-0.05, 0) is 28.7 Å². The minimum absolute atomic E-state index is 0.0370. The smallest absolute Gasteiger partial charge is 0.211 e. The molecule has 0 atom stereocenters. The molecule has 1 aromatic rings. The molecule has 0 heterocycles. The Morgan fingerprint density at radius 2 is 2.29 bits per heavy atom. The molecule has 0 aliphatic rings. The first-order valence-corrected chi connectivity index (χ1v) is 4.73. The highest BCUT2D eigenvalue weighted by Crippen LogP contribution is 2.32. The molecule has 0 aromatic heterocycles. The van der Waals surface area contributed by atoms with Gasteiger partial charge in [0.15, 0.2) is 5.82 Å². The Bertz CT molecular complexity index is 477. The molecule has 0 saturated heterocycles. The van der Waals surface area contributed by atoms with Gasteiger partial charge < -0.3 is 0 Å². The third kappa shape index (κ3) is 1.93. The van der Waals surface area contributed by atoms with Gasteiger partial charge >= 0.3 is 0 Å². The molecule has 0 aliphatic carbocycles. The molecule has 0 saturated carbocycles. The fourth-order valence-corrected chi connectivity index (χ4v) is 1.93. The van der Waals surface area contributed by atoms with Crippen LogP contribution in [0.25, 0.3) is 0 Å². The molecule has 1 rings (SSSR count). The Kier molecular flexibility index (Phi) is 3.58. The average Bonchev–Trinajstić information content (AvgIpc) is 2.15. The van der Waals surface area contributed by atoms with E-state index in [2.05, 4.69) is 4.99 Å². The van der Waals surface area contributed by atoms with Crippen LogP contribution >= 0.6 is 34.2 Å². The van der Waals surface area contributed by atoms with Crippen molar-refractivity contribution in [3.8, 4) is 6.07 Å². The Labute approximate surface area is 97.3 Å². The zero-order valence-electron chi connectivity index (χ0n) is 6.51. The maximum Gasteiger partial charge on any atom is 0.240 e. The Hall–Kier alpha value is -0.960. The van der Waals surface area contributed by atoms with Gasteiger partial charge in [-0.2, -0.15) is 10.3 Å². The average molecular weight is 322 g/mol. The van der Waals surface area contributed by atoms with Gasteiger partial charge in [-0.15, -0.1) is 0 Å². The number of carbonyl (C=O) groups excluding carboxylic acids is 1. The zero-order chi connectivity index (χ0) is 10.7. The van der Waals surface area contributed by atoms with E-state index < -0.39 is 5.82 Å². The highest BCUT2D eigenvalue weighted by molar-refractivity contribution is 14.1. The number of aliphatic imine (C=N–C) groups is 1. The first-order chi connectivity index (χ1) is 6.61. The molecular formula is C8HClFIN2O. The Morgan fingerprint density at radius 3 is 2.79 bits per heavy atom. The number of hydrogen-bond acceptors (Lipinski definition) is 3. The number of hydrogen-bond donors (Lipinski definition) is 0. The molecule has 6 heteroatoms. The highest BCUT2D eigenvalue weighted by Gasteiger charge is 2.15. The van der Waals surface area contributed by atoms with Crippen molar-refractivity contribution in [2.75, 3.05) is 0 Å². The van der Waals surface area contributed by atoms with Crippen LogP contribution in [-0.2, 0) is 4.79 Å². The lowest BCUT2D eigenvalue weighted by Crippen LogP contribution is -1.89. The quantitative estimate of drug-likeness (QED) is 0.345.